The highest BCUT2D eigenvalue weighted by Crippen LogP contribution is 2.30. The highest BCUT2D eigenvalue weighted by Gasteiger charge is 2.25. The van der Waals surface area contributed by atoms with Crippen LogP contribution < -0.4 is 9.47 Å². The van der Waals surface area contributed by atoms with Gasteiger partial charge in [-0.3, -0.25) is 4.90 Å². The van der Waals surface area contributed by atoms with Gasteiger partial charge in [-0.2, -0.15) is 0 Å². The molecule has 1 aliphatic heterocycles. The van der Waals surface area contributed by atoms with Crippen molar-refractivity contribution in [3.63, 3.8) is 0 Å². The number of nitrogens with zero attached hydrogens (tertiary/aromatic N) is 1. The molecule has 0 aliphatic carbocycles. The van der Waals surface area contributed by atoms with Crippen molar-refractivity contribution < 1.29 is 14.6 Å². The van der Waals surface area contributed by atoms with Gasteiger partial charge in [-0.05, 0) is 49.8 Å². The van der Waals surface area contributed by atoms with Crippen LogP contribution in [0.1, 0.15) is 38.7 Å². The van der Waals surface area contributed by atoms with Gasteiger partial charge in [0.1, 0.15) is 0 Å². The van der Waals surface area contributed by atoms with Crippen LogP contribution in [-0.2, 0) is 6.54 Å². The van der Waals surface area contributed by atoms with Crippen LogP contribution in [-0.4, -0.2) is 42.9 Å². The molecule has 1 aromatic carbocycles. The first-order valence-corrected chi connectivity index (χ1v) is 8.32. The second-order valence-electron chi connectivity index (χ2n) is 6.24. The van der Waals surface area contributed by atoms with Crippen LogP contribution in [0.3, 0.4) is 0 Å². The summed E-state index contributed by atoms with van der Waals surface area (Å²) in [6, 6.07) is 6.74. The van der Waals surface area contributed by atoms with Gasteiger partial charge in [-0.15, -0.1) is 0 Å². The number of methoxy groups -OCH3 is 1. The van der Waals surface area contributed by atoms with Gasteiger partial charge in [0.15, 0.2) is 11.5 Å². The van der Waals surface area contributed by atoms with Crippen LogP contribution in [0.5, 0.6) is 11.5 Å². The lowest BCUT2D eigenvalue weighted by Gasteiger charge is -2.37. The molecule has 1 fully saturated rings. The molecule has 0 amide bonds. The molecule has 2 unspecified atom stereocenters. The fourth-order valence-electron chi connectivity index (χ4n) is 3.01. The van der Waals surface area contributed by atoms with E-state index in [1.165, 1.54) is 5.56 Å². The van der Waals surface area contributed by atoms with E-state index in [-0.39, 0.29) is 6.61 Å². The molecule has 1 aliphatic rings. The van der Waals surface area contributed by atoms with Crippen LogP contribution >= 0.6 is 0 Å². The number of hydrogen-bond acceptors (Lipinski definition) is 4. The Kier molecular flexibility index (Phi) is 6.52. The molecule has 0 aromatic heterocycles. The van der Waals surface area contributed by atoms with E-state index in [1.807, 2.05) is 6.07 Å². The summed E-state index contributed by atoms with van der Waals surface area (Å²) in [5, 5.41) is 9.41. The number of likely N-dealkylation sites (tertiary alicyclic amines) is 1. The third kappa shape index (κ3) is 4.37. The SMILES string of the molecule is CCCOc1cc(CN2CC(CO)CCC2C)ccc1OC. The summed E-state index contributed by atoms with van der Waals surface area (Å²) in [4.78, 5) is 2.45. The molecular weight excluding hydrogens is 278 g/mol. The van der Waals surface area contributed by atoms with Crippen LogP contribution in [0.4, 0.5) is 0 Å². The van der Waals surface area contributed by atoms with E-state index in [4.69, 9.17) is 9.47 Å². The Balaban J connectivity index is 2.07. The minimum absolute atomic E-state index is 0.288. The van der Waals surface area contributed by atoms with E-state index in [2.05, 4.69) is 30.9 Å². The van der Waals surface area contributed by atoms with E-state index in [0.29, 0.717) is 18.6 Å². The van der Waals surface area contributed by atoms with E-state index < -0.39 is 0 Å². The molecule has 2 rings (SSSR count). The molecule has 1 heterocycles. The Hall–Kier alpha value is -1.26. The van der Waals surface area contributed by atoms with Crippen LogP contribution in [0.2, 0.25) is 0 Å². The summed E-state index contributed by atoms with van der Waals surface area (Å²) in [7, 11) is 1.67. The van der Waals surface area contributed by atoms with Crippen molar-refractivity contribution in [3.8, 4) is 11.5 Å². The molecule has 1 saturated heterocycles. The van der Waals surface area contributed by atoms with Gasteiger partial charge in [0.2, 0.25) is 0 Å². The topological polar surface area (TPSA) is 41.9 Å². The molecule has 2 atom stereocenters. The predicted octanol–water partition coefficient (Wildman–Crippen LogP) is 3.08. The zero-order valence-electron chi connectivity index (χ0n) is 14.0. The highest BCUT2D eigenvalue weighted by atomic mass is 16.5. The molecule has 1 aromatic rings. The molecule has 0 bridgehead atoms. The van der Waals surface area contributed by atoms with Crippen molar-refractivity contribution in [1.29, 1.82) is 0 Å². The molecule has 0 saturated carbocycles. The third-order valence-electron chi connectivity index (χ3n) is 4.44. The van der Waals surface area contributed by atoms with Gasteiger partial charge in [0.05, 0.1) is 13.7 Å². The normalized spacial score (nSPS) is 22.5. The lowest BCUT2D eigenvalue weighted by molar-refractivity contribution is 0.0771. The number of benzene rings is 1. The Bertz CT molecular complexity index is 464. The summed E-state index contributed by atoms with van der Waals surface area (Å²) >= 11 is 0. The fraction of sp³-hybridized carbons (Fsp3) is 0.667. The average molecular weight is 307 g/mol. The molecule has 22 heavy (non-hydrogen) atoms. The average Bonchev–Trinajstić information content (AvgIpc) is 2.55. The Morgan fingerprint density at radius 1 is 1.27 bits per heavy atom. The number of aliphatic hydroxyl groups is 1. The minimum Gasteiger partial charge on any atom is -0.493 e. The second kappa shape index (κ2) is 8.39. The first-order chi connectivity index (χ1) is 10.7. The second-order valence-corrected chi connectivity index (χ2v) is 6.24. The molecule has 1 N–H and O–H groups in total. The van der Waals surface area contributed by atoms with E-state index in [1.54, 1.807) is 7.11 Å². The summed E-state index contributed by atoms with van der Waals surface area (Å²) in [5.41, 5.74) is 1.23. The fourth-order valence-corrected chi connectivity index (χ4v) is 3.01. The first kappa shape index (κ1) is 17.1. The number of hydrogen-bond donors (Lipinski definition) is 1. The highest BCUT2D eigenvalue weighted by molar-refractivity contribution is 5.43. The number of ether oxygens (including phenoxy) is 2. The van der Waals surface area contributed by atoms with Crippen molar-refractivity contribution in [2.24, 2.45) is 5.92 Å². The van der Waals surface area contributed by atoms with Crippen molar-refractivity contribution in [2.75, 3.05) is 26.9 Å². The van der Waals surface area contributed by atoms with Gasteiger partial charge < -0.3 is 14.6 Å². The van der Waals surface area contributed by atoms with E-state index >= 15 is 0 Å². The number of aliphatic hydroxyl groups excluding tert-OH is 1. The van der Waals surface area contributed by atoms with E-state index in [9.17, 15) is 5.11 Å². The Morgan fingerprint density at radius 2 is 2.09 bits per heavy atom. The summed E-state index contributed by atoms with van der Waals surface area (Å²) in [6.45, 7) is 7.22. The molecule has 0 radical (unpaired) electrons. The van der Waals surface area contributed by atoms with Gasteiger partial charge in [-0.1, -0.05) is 13.0 Å². The molecular formula is C18H29NO3. The standard InChI is InChI=1S/C18H29NO3/c1-4-9-22-18-10-15(7-8-17(18)21-3)11-19-12-16(13-20)6-5-14(19)2/h7-8,10,14,16,20H,4-6,9,11-13H2,1-3H3. The van der Waals surface area contributed by atoms with E-state index in [0.717, 1.165) is 43.9 Å². The zero-order valence-corrected chi connectivity index (χ0v) is 14.0. The zero-order chi connectivity index (χ0) is 15.9. The van der Waals surface area contributed by atoms with Gasteiger partial charge in [0.25, 0.3) is 0 Å². The lowest BCUT2D eigenvalue weighted by atomic mass is 9.93. The third-order valence-corrected chi connectivity index (χ3v) is 4.44. The van der Waals surface area contributed by atoms with Gasteiger partial charge in [0, 0.05) is 25.7 Å². The van der Waals surface area contributed by atoms with Crippen LogP contribution in [0.15, 0.2) is 18.2 Å². The van der Waals surface area contributed by atoms with Gasteiger partial charge >= 0.3 is 0 Å². The maximum absolute atomic E-state index is 9.41. The maximum Gasteiger partial charge on any atom is 0.161 e. The lowest BCUT2D eigenvalue weighted by Crippen LogP contribution is -2.42. The van der Waals surface area contributed by atoms with Crippen molar-refractivity contribution in [1.82, 2.24) is 4.90 Å². The summed E-state index contributed by atoms with van der Waals surface area (Å²) in [5.74, 6) is 2.02. The molecule has 4 heteroatoms. The van der Waals surface area contributed by atoms with Crippen LogP contribution in [0.25, 0.3) is 0 Å². The number of rotatable bonds is 7. The quantitative estimate of drug-likeness (QED) is 0.840. The minimum atomic E-state index is 0.288. The van der Waals surface area contributed by atoms with Crippen molar-refractivity contribution in [2.45, 2.75) is 45.7 Å². The van der Waals surface area contributed by atoms with Crippen molar-refractivity contribution in [3.05, 3.63) is 23.8 Å². The number of piperidine rings is 1. The largest absolute Gasteiger partial charge is 0.493 e. The smallest absolute Gasteiger partial charge is 0.161 e. The first-order valence-electron chi connectivity index (χ1n) is 8.32. The van der Waals surface area contributed by atoms with Gasteiger partial charge in [-0.25, -0.2) is 0 Å². The molecule has 0 spiro atoms. The Labute approximate surface area is 134 Å². The van der Waals surface area contributed by atoms with Crippen molar-refractivity contribution >= 4 is 0 Å². The Morgan fingerprint density at radius 3 is 2.77 bits per heavy atom. The molecule has 4 nitrogen and oxygen atoms in total. The summed E-state index contributed by atoms with van der Waals surface area (Å²) < 4.78 is 11.2. The molecule has 124 valence electrons. The predicted molar refractivity (Wildman–Crippen MR) is 88.5 cm³/mol. The monoisotopic (exact) mass is 307 g/mol. The van der Waals surface area contributed by atoms with Crippen LogP contribution in [0, 0.1) is 5.92 Å². The summed E-state index contributed by atoms with van der Waals surface area (Å²) in [6.07, 6.45) is 3.26. The maximum atomic E-state index is 9.41.